The molecule has 0 radical (unpaired) electrons. The van der Waals surface area contributed by atoms with Crippen LogP contribution in [-0.2, 0) is 24.2 Å². The van der Waals surface area contributed by atoms with Gasteiger partial charge in [0, 0.05) is 18.4 Å². The third-order valence-corrected chi connectivity index (χ3v) is 4.74. The number of ketones is 1. The summed E-state index contributed by atoms with van der Waals surface area (Å²) in [6.45, 7) is 0.705. The van der Waals surface area contributed by atoms with Crippen LogP contribution in [0.25, 0.3) is 0 Å². The normalized spacial score (nSPS) is 15.1. The maximum atomic E-state index is 12.4. The molecule has 0 fully saturated rings. The van der Waals surface area contributed by atoms with E-state index in [4.69, 9.17) is 0 Å². The van der Waals surface area contributed by atoms with E-state index in [0.29, 0.717) is 25.1 Å². The second-order valence-corrected chi connectivity index (χ2v) is 6.32. The fraction of sp³-hybridized carbons (Fsp3) is 0.167. The molecule has 0 N–H and O–H groups in total. The lowest BCUT2D eigenvalue weighted by Crippen LogP contribution is -2.16. The van der Waals surface area contributed by atoms with Gasteiger partial charge >= 0.3 is 0 Å². The second-order valence-electron chi connectivity index (χ2n) is 5.57. The zero-order chi connectivity index (χ0) is 15.1. The summed E-state index contributed by atoms with van der Waals surface area (Å²) < 4.78 is 0.879. The number of fused-ring (bicyclic) bond motifs is 2. The van der Waals surface area contributed by atoms with Gasteiger partial charge in [-0.3, -0.25) is 9.79 Å². The molecule has 0 amide bonds. The average molecular weight is 353 g/mol. The predicted molar refractivity (Wildman–Crippen MR) is 91.6 cm³/mol. The summed E-state index contributed by atoms with van der Waals surface area (Å²) in [6.07, 6.45) is 1.05. The van der Waals surface area contributed by atoms with Gasteiger partial charge in [-0.15, -0.1) is 0 Å². The van der Waals surface area contributed by atoms with Crippen molar-refractivity contribution in [2.45, 2.75) is 19.4 Å². The first-order valence-electron chi connectivity index (χ1n) is 7.21. The lowest BCUT2D eigenvalue weighted by atomic mass is 10.00. The molecule has 0 aromatic heterocycles. The molecule has 2 aromatic carbocycles. The maximum absolute atomic E-state index is 12.4. The molecule has 22 heavy (non-hydrogen) atoms. The molecule has 2 heterocycles. The Labute approximate surface area is 136 Å². The van der Waals surface area contributed by atoms with Crippen molar-refractivity contribution in [3.05, 3.63) is 64.7 Å². The molecule has 2 aliphatic rings. The molecule has 2 aromatic rings. The summed E-state index contributed by atoms with van der Waals surface area (Å²) in [5.74, 6) is 0.107. The maximum Gasteiger partial charge on any atom is 0.181 e. The molecule has 0 bridgehead atoms. The number of hydrogen-bond donors (Lipinski definition) is 0. The first-order chi connectivity index (χ1) is 10.7. The smallest absolute Gasteiger partial charge is 0.181 e. The minimum atomic E-state index is 0.107. The Bertz CT molecular complexity index is 838. The summed E-state index contributed by atoms with van der Waals surface area (Å²) >= 11 is 3.47. The van der Waals surface area contributed by atoms with Crippen molar-refractivity contribution in [2.24, 2.45) is 9.98 Å². The minimum Gasteiger partial charge on any atom is -0.292 e. The molecule has 4 heteroatoms. The van der Waals surface area contributed by atoms with Crippen LogP contribution in [0.1, 0.15) is 22.3 Å². The molecular weight excluding hydrogens is 340 g/mol. The van der Waals surface area contributed by atoms with Crippen molar-refractivity contribution >= 4 is 37.7 Å². The van der Waals surface area contributed by atoms with E-state index >= 15 is 0 Å². The number of halogens is 1. The first kappa shape index (κ1) is 13.6. The Balaban J connectivity index is 1.59. The van der Waals surface area contributed by atoms with Crippen molar-refractivity contribution in [2.75, 3.05) is 0 Å². The van der Waals surface area contributed by atoms with E-state index in [9.17, 15) is 4.79 Å². The standard InChI is InChI=1S/C18H13BrN2O/c19-18-14-9-15-12(7-13(14)10-20-18)8-16(21-15)17(22)6-11-4-2-1-3-5-11/h1-5,7,9H,6,8,10H2. The first-order valence-corrected chi connectivity index (χ1v) is 8.01. The summed E-state index contributed by atoms with van der Waals surface area (Å²) in [5.41, 5.74) is 6.03. The summed E-state index contributed by atoms with van der Waals surface area (Å²) in [7, 11) is 0. The Hall–Kier alpha value is -2.07. The van der Waals surface area contributed by atoms with Gasteiger partial charge in [-0.25, -0.2) is 4.99 Å². The zero-order valence-electron chi connectivity index (χ0n) is 11.8. The molecular formula is C18H13BrN2O. The van der Waals surface area contributed by atoms with Crippen molar-refractivity contribution in [1.29, 1.82) is 0 Å². The number of aliphatic imine (C=N–C) groups is 2. The monoisotopic (exact) mass is 352 g/mol. The SMILES string of the molecule is O=C(Cc1ccccc1)C1=Nc2cc3c(cc2C1)CN=C3Br. The van der Waals surface area contributed by atoms with Crippen LogP contribution >= 0.6 is 15.9 Å². The second kappa shape index (κ2) is 5.29. The Morgan fingerprint density at radius 2 is 1.95 bits per heavy atom. The van der Waals surface area contributed by atoms with Gasteiger partial charge in [-0.05, 0) is 38.7 Å². The van der Waals surface area contributed by atoms with Gasteiger partial charge in [0.15, 0.2) is 5.78 Å². The molecule has 4 rings (SSSR count). The van der Waals surface area contributed by atoms with Gasteiger partial charge in [0.2, 0.25) is 0 Å². The van der Waals surface area contributed by atoms with Crippen LogP contribution in [0.4, 0.5) is 5.69 Å². The van der Waals surface area contributed by atoms with Gasteiger partial charge in [0.1, 0.15) is 4.62 Å². The average Bonchev–Trinajstić information content (AvgIpc) is 3.10. The largest absolute Gasteiger partial charge is 0.292 e. The van der Waals surface area contributed by atoms with Gasteiger partial charge in [0.25, 0.3) is 0 Å². The van der Waals surface area contributed by atoms with Crippen LogP contribution in [-0.4, -0.2) is 16.1 Å². The van der Waals surface area contributed by atoms with E-state index in [-0.39, 0.29) is 5.78 Å². The van der Waals surface area contributed by atoms with Crippen LogP contribution in [0, 0.1) is 0 Å². The van der Waals surface area contributed by atoms with Crippen molar-refractivity contribution < 1.29 is 4.79 Å². The lowest BCUT2D eigenvalue weighted by Gasteiger charge is -2.02. The molecule has 0 atom stereocenters. The number of nitrogens with zero attached hydrogens (tertiary/aromatic N) is 2. The summed E-state index contributed by atoms with van der Waals surface area (Å²) in [4.78, 5) is 21.4. The van der Waals surface area contributed by atoms with Crippen LogP contribution in [0.3, 0.4) is 0 Å². The number of Topliss-reactive ketones (excluding diaryl/α,β-unsaturated/α-hetero) is 1. The van der Waals surface area contributed by atoms with E-state index in [1.165, 1.54) is 5.56 Å². The van der Waals surface area contributed by atoms with E-state index in [1.54, 1.807) is 0 Å². The highest BCUT2D eigenvalue weighted by molar-refractivity contribution is 9.18. The number of carbonyl (C=O) groups excluding carboxylic acids is 1. The number of hydrogen-bond acceptors (Lipinski definition) is 3. The molecule has 2 aliphatic heterocycles. The van der Waals surface area contributed by atoms with Crippen molar-refractivity contribution in [3.8, 4) is 0 Å². The summed E-state index contributed by atoms with van der Waals surface area (Å²) in [5, 5.41) is 0. The molecule has 0 aliphatic carbocycles. The topological polar surface area (TPSA) is 41.8 Å². The fourth-order valence-electron chi connectivity index (χ4n) is 2.90. The Morgan fingerprint density at radius 3 is 2.77 bits per heavy atom. The molecule has 3 nitrogen and oxygen atoms in total. The molecule has 0 unspecified atom stereocenters. The highest BCUT2D eigenvalue weighted by Crippen LogP contribution is 2.34. The fourth-order valence-corrected chi connectivity index (χ4v) is 3.40. The Morgan fingerprint density at radius 1 is 1.14 bits per heavy atom. The zero-order valence-corrected chi connectivity index (χ0v) is 13.4. The third kappa shape index (κ3) is 2.33. The van der Waals surface area contributed by atoms with Gasteiger partial charge in [0.05, 0.1) is 17.9 Å². The molecule has 0 spiro atoms. The summed E-state index contributed by atoms with van der Waals surface area (Å²) in [6, 6.07) is 14.0. The quantitative estimate of drug-likeness (QED) is 0.828. The van der Waals surface area contributed by atoms with E-state index in [1.807, 2.05) is 36.4 Å². The van der Waals surface area contributed by atoms with Crippen LogP contribution < -0.4 is 0 Å². The van der Waals surface area contributed by atoms with E-state index in [2.05, 4.69) is 32.0 Å². The highest BCUT2D eigenvalue weighted by Gasteiger charge is 2.24. The van der Waals surface area contributed by atoms with Crippen molar-refractivity contribution in [1.82, 2.24) is 0 Å². The third-order valence-electron chi connectivity index (χ3n) is 4.06. The number of carbonyl (C=O) groups is 1. The van der Waals surface area contributed by atoms with Gasteiger partial charge in [-0.2, -0.15) is 0 Å². The van der Waals surface area contributed by atoms with Crippen molar-refractivity contribution in [3.63, 3.8) is 0 Å². The predicted octanol–water partition coefficient (Wildman–Crippen LogP) is 3.78. The van der Waals surface area contributed by atoms with E-state index < -0.39 is 0 Å². The minimum absolute atomic E-state index is 0.107. The Kier molecular flexibility index (Phi) is 3.26. The van der Waals surface area contributed by atoms with Gasteiger partial charge in [-0.1, -0.05) is 36.4 Å². The van der Waals surface area contributed by atoms with Crippen LogP contribution in [0.15, 0.2) is 52.4 Å². The van der Waals surface area contributed by atoms with Gasteiger partial charge < -0.3 is 0 Å². The molecule has 108 valence electrons. The van der Waals surface area contributed by atoms with E-state index in [0.717, 1.165) is 27.0 Å². The number of benzene rings is 2. The highest BCUT2D eigenvalue weighted by atomic mass is 79.9. The van der Waals surface area contributed by atoms with Crippen LogP contribution in [0.2, 0.25) is 0 Å². The van der Waals surface area contributed by atoms with Crippen LogP contribution in [0.5, 0.6) is 0 Å². The molecule has 0 saturated heterocycles. The number of rotatable bonds is 3. The molecule has 0 saturated carbocycles. The lowest BCUT2D eigenvalue weighted by molar-refractivity contribution is -0.112.